The first-order valence-corrected chi connectivity index (χ1v) is 20.6. The van der Waals surface area contributed by atoms with Crippen molar-refractivity contribution >= 4 is 27.5 Å². The third-order valence-electron chi connectivity index (χ3n) is 13.4. The van der Waals surface area contributed by atoms with Crippen LogP contribution in [-0.4, -0.2) is 10.3 Å². The Morgan fingerprint density at radius 3 is 1.97 bits per heavy atom. The molecule has 1 N–H and O–H groups in total. The van der Waals surface area contributed by atoms with Crippen molar-refractivity contribution in [2.45, 2.75) is 43.4 Å². The minimum absolute atomic E-state index is 0.123. The molecule has 1 aromatic heterocycles. The van der Waals surface area contributed by atoms with Gasteiger partial charge in [-0.3, -0.25) is 0 Å². The average Bonchev–Trinajstić information content (AvgIpc) is 3.84. The summed E-state index contributed by atoms with van der Waals surface area (Å²) < 4.78 is 2.49. The van der Waals surface area contributed by atoms with Gasteiger partial charge in [0, 0.05) is 32.9 Å². The van der Waals surface area contributed by atoms with E-state index in [0.29, 0.717) is 18.1 Å². The van der Waals surface area contributed by atoms with E-state index >= 15 is 0 Å². The minimum Gasteiger partial charge on any atom is -0.309 e. The van der Waals surface area contributed by atoms with E-state index in [4.69, 9.17) is 0 Å². The fourth-order valence-electron chi connectivity index (χ4n) is 10.6. The predicted molar refractivity (Wildman–Crippen MR) is 243 cm³/mol. The quantitative estimate of drug-likeness (QED) is 0.150. The number of nitrogens with zero attached hydrogens (tertiary/aromatic N) is 1. The van der Waals surface area contributed by atoms with Gasteiger partial charge >= 0.3 is 0 Å². The van der Waals surface area contributed by atoms with E-state index in [0.717, 1.165) is 12.0 Å². The molecule has 278 valence electrons. The number of benzene rings is 8. The molecule has 1 unspecified atom stereocenters. The number of nitrogens with one attached hydrogen (secondary N) is 1. The summed E-state index contributed by atoms with van der Waals surface area (Å²) in [6.07, 6.45) is 1.73. The summed E-state index contributed by atoms with van der Waals surface area (Å²) >= 11 is 0. The fourth-order valence-corrected chi connectivity index (χ4v) is 10.6. The smallest absolute Gasteiger partial charge is 0.0541 e. The Balaban J connectivity index is 1.04. The van der Waals surface area contributed by atoms with Crippen LogP contribution in [0.4, 0.5) is 0 Å². The van der Waals surface area contributed by atoms with Crippen LogP contribution >= 0.6 is 0 Å². The molecule has 0 radical (unpaired) electrons. The Morgan fingerprint density at radius 2 is 1.16 bits per heavy atom. The van der Waals surface area contributed by atoms with Gasteiger partial charge in [0.2, 0.25) is 0 Å². The van der Waals surface area contributed by atoms with Crippen LogP contribution in [0, 0.1) is 5.41 Å². The second-order valence-electron chi connectivity index (χ2n) is 16.9. The Kier molecular flexibility index (Phi) is 7.81. The van der Waals surface area contributed by atoms with E-state index in [9.17, 15) is 5.41 Å². The molecule has 9 aromatic rings. The van der Waals surface area contributed by atoms with Crippen molar-refractivity contribution in [2.75, 3.05) is 0 Å². The summed E-state index contributed by atoms with van der Waals surface area (Å²) in [6.45, 7) is 4.75. The number of hydrogen-bond donors (Lipinski definition) is 1. The van der Waals surface area contributed by atoms with Crippen LogP contribution in [0.15, 0.2) is 194 Å². The first-order chi connectivity index (χ1) is 28.4. The van der Waals surface area contributed by atoms with Crippen molar-refractivity contribution in [3.05, 3.63) is 222 Å². The SMILES string of the molecule is CC1(C)c2ccccc2-c2cccc(-c3ccccc3-n3c4ccccc4c4cc(-c5ccccc5[C@H]5CC5(CC(=N)c5ccccc5)c5ccccc5)ccc43)c21. The van der Waals surface area contributed by atoms with Crippen molar-refractivity contribution in [3.63, 3.8) is 0 Å². The highest BCUT2D eigenvalue weighted by Gasteiger charge is 2.56. The summed E-state index contributed by atoms with van der Waals surface area (Å²) in [5.74, 6) is 0.307. The number of fused-ring (bicyclic) bond motifs is 6. The lowest BCUT2D eigenvalue weighted by atomic mass is 9.78. The molecule has 0 aliphatic heterocycles. The summed E-state index contributed by atoms with van der Waals surface area (Å²) in [6, 6.07) is 70.9. The molecule has 0 spiro atoms. The maximum Gasteiger partial charge on any atom is 0.0541 e. The minimum atomic E-state index is -0.125. The van der Waals surface area contributed by atoms with Gasteiger partial charge in [-0.25, -0.2) is 0 Å². The molecule has 2 aliphatic rings. The topological polar surface area (TPSA) is 28.8 Å². The monoisotopic (exact) mass is 744 g/mol. The van der Waals surface area contributed by atoms with Gasteiger partial charge in [-0.1, -0.05) is 184 Å². The van der Waals surface area contributed by atoms with Crippen LogP contribution in [0.5, 0.6) is 0 Å². The number of rotatable bonds is 8. The Morgan fingerprint density at radius 1 is 0.552 bits per heavy atom. The van der Waals surface area contributed by atoms with E-state index in [2.05, 4.69) is 194 Å². The van der Waals surface area contributed by atoms with Crippen LogP contribution in [0.1, 0.15) is 60.4 Å². The zero-order chi connectivity index (χ0) is 39.0. The lowest BCUT2D eigenvalue weighted by Gasteiger charge is -2.25. The standard InChI is InChI=1S/C56H44N2/c1-55(2)48-29-14-11-24-42(48)45-27-17-28-46(54(45)55)43-25-12-15-30-51(43)58-52-31-16-13-26-44(52)47-34-38(32-33-53(47)58)40-22-9-10-23-41(40)49-35-56(49,39-20-7-4-8-21-39)36-50(57)37-18-5-3-6-19-37/h3-34,49,57H,35-36H2,1-2H3/t49-,56?/m1/s1. The molecule has 2 aliphatic carbocycles. The first-order valence-electron chi connectivity index (χ1n) is 20.6. The fraction of sp³-hybridized carbons (Fsp3) is 0.125. The molecule has 1 heterocycles. The molecule has 58 heavy (non-hydrogen) atoms. The van der Waals surface area contributed by atoms with E-state index in [1.807, 2.05) is 18.2 Å². The van der Waals surface area contributed by atoms with Gasteiger partial charge < -0.3 is 9.98 Å². The zero-order valence-corrected chi connectivity index (χ0v) is 32.9. The van der Waals surface area contributed by atoms with Gasteiger partial charge in [0.25, 0.3) is 0 Å². The van der Waals surface area contributed by atoms with Crippen molar-refractivity contribution in [1.29, 1.82) is 5.41 Å². The highest BCUT2D eigenvalue weighted by Crippen LogP contribution is 2.64. The van der Waals surface area contributed by atoms with Crippen LogP contribution in [0.25, 0.3) is 60.9 Å². The molecule has 2 atom stereocenters. The van der Waals surface area contributed by atoms with Crippen molar-refractivity contribution in [1.82, 2.24) is 4.57 Å². The van der Waals surface area contributed by atoms with E-state index in [1.54, 1.807) is 0 Å². The highest BCUT2D eigenvalue weighted by molar-refractivity contribution is 6.11. The highest BCUT2D eigenvalue weighted by atomic mass is 15.0. The molecule has 2 heteroatoms. The average molecular weight is 745 g/mol. The number of para-hydroxylation sites is 2. The van der Waals surface area contributed by atoms with E-state index in [-0.39, 0.29) is 10.8 Å². The molecule has 2 nitrogen and oxygen atoms in total. The Labute approximate surface area is 340 Å². The predicted octanol–water partition coefficient (Wildman–Crippen LogP) is 14.3. The van der Waals surface area contributed by atoms with Crippen molar-refractivity contribution < 1.29 is 0 Å². The maximum atomic E-state index is 9.24. The van der Waals surface area contributed by atoms with Crippen molar-refractivity contribution in [3.8, 4) is 39.1 Å². The normalized spacial score (nSPS) is 17.6. The molecule has 0 saturated heterocycles. The number of aromatic nitrogens is 1. The van der Waals surface area contributed by atoms with E-state index in [1.165, 1.54) is 83.1 Å². The van der Waals surface area contributed by atoms with Gasteiger partial charge in [0.15, 0.2) is 0 Å². The maximum absolute atomic E-state index is 9.24. The van der Waals surface area contributed by atoms with Gasteiger partial charge in [-0.05, 0) is 98.7 Å². The van der Waals surface area contributed by atoms with Gasteiger partial charge in [-0.15, -0.1) is 0 Å². The summed E-state index contributed by atoms with van der Waals surface area (Å²) in [4.78, 5) is 0. The summed E-state index contributed by atoms with van der Waals surface area (Å²) in [5.41, 5.74) is 18.2. The molecule has 8 aromatic carbocycles. The Hall–Kier alpha value is -6.77. The molecule has 0 bridgehead atoms. The van der Waals surface area contributed by atoms with E-state index < -0.39 is 0 Å². The van der Waals surface area contributed by atoms with Crippen LogP contribution in [0.3, 0.4) is 0 Å². The van der Waals surface area contributed by atoms with Crippen molar-refractivity contribution in [2.24, 2.45) is 0 Å². The third kappa shape index (κ3) is 5.21. The van der Waals surface area contributed by atoms with Crippen LogP contribution < -0.4 is 0 Å². The van der Waals surface area contributed by atoms with Gasteiger partial charge in [0.1, 0.15) is 0 Å². The van der Waals surface area contributed by atoms with Gasteiger partial charge in [0.05, 0.1) is 16.7 Å². The molecular formula is C56H44N2. The second kappa shape index (κ2) is 13.1. The molecule has 1 saturated carbocycles. The third-order valence-corrected chi connectivity index (χ3v) is 13.4. The number of hydrogen-bond acceptors (Lipinski definition) is 1. The summed E-state index contributed by atoms with van der Waals surface area (Å²) in [7, 11) is 0. The van der Waals surface area contributed by atoms with Crippen LogP contribution in [-0.2, 0) is 10.8 Å². The first kappa shape index (κ1) is 34.5. The lowest BCUT2D eigenvalue weighted by Crippen LogP contribution is -2.16. The van der Waals surface area contributed by atoms with Gasteiger partial charge in [-0.2, -0.15) is 0 Å². The second-order valence-corrected chi connectivity index (χ2v) is 16.9. The molecular weight excluding hydrogens is 701 g/mol. The summed E-state index contributed by atoms with van der Waals surface area (Å²) in [5, 5.41) is 11.7. The lowest BCUT2D eigenvalue weighted by molar-refractivity contribution is 0.662. The molecule has 0 amide bonds. The Bertz CT molecular complexity index is 3060. The van der Waals surface area contributed by atoms with Crippen LogP contribution in [0.2, 0.25) is 0 Å². The molecule has 1 fully saturated rings. The largest absolute Gasteiger partial charge is 0.309 e. The molecule has 11 rings (SSSR count). The zero-order valence-electron chi connectivity index (χ0n) is 32.9.